The Morgan fingerprint density at radius 2 is 1.82 bits per heavy atom. The molecular weight excluding hydrogens is 286 g/mol. The van der Waals surface area contributed by atoms with Gasteiger partial charge in [-0.3, -0.25) is 0 Å². The van der Waals surface area contributed by atoms with Crippen molar-refractivity contribution in [2.45, 2.75) is 59.2 Å². The molecule has 22 heavy (non-hydrogen) atoms. The monoisotopic (exact) mass is 315 g/mol. The Hall–Kier alpha value is -1.30. The number of carbonyl (C=O) groups excluding carboxylic acids is 2. The molecule has 1 N–H and O–H groups in total. The van der Waals surface area contributed by atoms with Gasteiger partial charge < -0.3 is 19.5 Å². The van der Waals surface area contributed by atoms with E-state index >= 15 is 0 Å². The van der Waals surface area contributed by atoms with Crippen LogP contribution in [-0.2, 0) is 14.3 Å². The summed E-state index contributed by atoms with van der Waals surface area (Å²) in [6.45, 7) is 10.3. The highest BCUT2D eigenvalue weighted by molar-refractivity contribution is 5.75. The fraction of sp³-hybridized carbons (Fsp3) is 0.875. The van der Waals surface area contributed by atoms with E-state index in [1.807, 2.05) is 34.6 Å². The lowest BCUT2D eigenvalue weighted by Crippen LogP contribution is -2.51. The number of hydrogen-bond acceptors (Lipinski definition) is 5. The molecule has 0 spiro atoms. The summed E-state index contributed by atoms with van der Waals surface area (Å²) in [5.41, 5.74) is -1.21. The summed E-state index contributed by atoms with van der Waals surface area (Å²) in [4.78, 5) is 25.5. The van der Waals surface area contributed by atoms with E-state index in [0.29, 0.717) is 13.1 Å². The predicted molar refractivity (Wildman–Crippen MR) is 82.3 cm³/mol. The van der Waals surface area contributed by atoms with Crippen molar-refractivity contribution in [1.29, 1.82) is 0 Å². The maximum atomic E-state index is 12.2. The van der Waals surface area contributed by atoms with Gasteiger partial charge in [0.2, 0.25) is 0 Å². The van der Waals surface area contributed by atoms with Crippen molar-refractivity contribution in [2.24, 2.45) is 11.3 Å². The molecular formula is C16H29NO5. The summed E-state index contributed by atoms with van der Waals surface area (Å²) in [5.74, 6) is -0.637. The fourth-order valence-electron chi connectivity index (χ4n) is 2.72. The van der Waals surface area contributed by atoms with E-state index in [4.69, 9.17) is 4.74 Å². The number of amides is 1. The Morgan fingerprint density at radius 3 is 2.32 bits per heavy atom. The summed E-state index contributed by atoms with van der Waals surface area (Å²) < 4.78 is 10.0. The highest BCUT2D eigenvalue weighted by Gasteiger charge is 2.43. The van der Waals surface area contributed by atoms with Crippen molar-refractivity contribution in [2.75, 3.05) is 20.2 Å². The van der Waals surface area contributed by atoms with Crippen LogP contribution in [0.1, 0.15) is 47.5 Å². The van der Waals surface area contributed by atoms with Gasteiger partial charge in [-0.15, -0.1) is 0 Å². The van der Waals surface area contributed by atoms with Crippen molar-refractivity contribution >= 4 is 12.1 Å². The van der Waals surface area contributed by atoms with Gasteiger partial charge >= 0.3 is 12.1 Å². The smallest absolute Gasteiger partial charge is 0.410 e. The van der Waals surface area contributed by atoms with Gasteiger partial charge in [0.25, 0.3) is 0 Å². The number of esters is 1. The lowest BCUT2D eigenvalue weighted by molar-refractivity contribution is -0.160. The number of piperidine rings is 1. The zero-order chi connectivity index (χ0) is 17.1. The van der Waals surface area contributed by atoms with Crippen LogP contribution in [0.15, 0.2) is 0 Å². The molecule has 6 heteroatoms. The van der Waals surface area contributed by atoms with Crippen molar-refractivity contribution < 1.29 is 24.2 Å². The van der Waals surface area contributed by atoms with E-state index in [-0.39, 0.29) is 12.0 Å². The topological polar surface area (TPSA) is 76.1 Å². The highest BCUT2D eigenvalue weighted by atomic mass is 16.6. The van der Waals surface area contributed by atoms with Crippen molar-refractivity contribution in [3.8, 4) is 0 Å². The van der Waals surface area contributed by atoms with Gasteiger partial charge in [0.1, 0.15) is 5.60 Å². The molecule has 1 saturated heterocycles. The average Bonchev–Trinajstić information content (AvgIpc) is 2.43. The molecule has 6 nitrogen and oxygen atoms in total. The maximum absolute atomic E-state index is 12.2. The molecule has 0 radical (unpaired) electrons. The molecule has 1 heterocycles. The summed E-state index contributed by atoms with van der Waals surface area (Å²) in [7, 11) is 1.26. The molecule has 0 bridgehead atoms. The molecule has 1 rings (SSSR count). The molecule has 0 aromatic carbocycles. The van der Waals surface area contributed by atoms with Gasteiger partial charge in [0.15, 0.2) is 6.10 Å². The lowest BCUT2D eigenvalue weighted by atomic mass is 9.71. The third kappa shape index (κ3) is 4.60. The molecule has 0 saturated carbocycles. The van der Waals surface area contributed by atoms with E-state index in [0.717, 1.165) is 12.8 Å². The Balaban J connectivity index is 2.77. The van der Waals surface area contributed by atoms with Crippen molar-refractivity contribution in [3.05, 3.63) is 0 Å². The van der Waals surface area contributed by atoms with Crippen LogP contribution in [0.3, 0.4) is 0 Å². The molecule has 1 fully saturated rings. The van der Waals surface area contributed by atoms with E-state index < -0.39 is 23.1 Å². The Labute approximate surface area is 132 Å². The van der Waals surface area contributed by atoms with Crippen LogP contribution in [0.25, 0.3) is 0 Å². The van der Waals surface area contributed by atoms with Crippen LogP contribution in [-0.4, -0.2) is 54.0 Å². The minimum atomic E-state index is -1.21. The SMILES string of the molecule is COC(=O)C(O)C(C)(C)C1CCCN(C(=O)OC(C)(C)C)C1. The van der Waals surface area contributed by atoms with Crippen LogP contribution in [0.4, 0.5) is 4.79 Å². The normalized spacial score (nSPS) is 21.2. The van der Waals surface area contributed by atoms with Gasteiger partial charge in [-0.1, -0.05) is 13.8 Å². The number of aliphatic hydroxyl groups excluding tert-OH is 1. The molecule has 1 amide bonds. The Bertz CT molecular complexity index is 413. The second-order valence-electron chi connectivity index (χ2n) is 7.51. The molecule has 1 aliphatic heterocycles. The molecule has 0 aromatic rings. The highest BCUT2D eigenvalue weighted by Crippen LogP contribution is 2.37. The number of carbonyl (C=O) groups is 2. The molecule has 2 unspecified atom stereocenters. The number of likely N-dealkylation sites (tertiary alicyclic amines) is 1. The maximum Gasteiger partial charge on any atom is 0.410 e. The number of hydrogen-bond donors (Lipinski definition) is 1. The van der Waals surface area contributed by atoms with Gasteiger partial charge in [0, 0.05) is 18.5 Å². The number of rotatable bonds is 3. The van der Waals surface area contributed by atoms with E-state index in [9.17, 15) is 14.7 Å². The third-order valence-electron chi connectivity index (χ3n) is 4.25. The number of nitrogens with zero attached hydrogens (tertiary/aromatic N) is 1. The largest absolute Gasteiger partial charge is 0.467 e. The van der Waals surface area contributed by atoms with Gasteiger partial charge in [-0.05, 0) is 39.5 Å². The van der Waals surface area contributed by atoms with E-state index in [1.165, 1.54) is 7.11 Å². The number of ether oxygens (including phenoxy) is 2. The Morgan fingerprint density at radius 1 is 1.23 bits per heavy atom. The molecule has 2 atom stereocenters. The summed E-state index contributed by atoms with van der Waals surface area (Å²) in [6.07, 6.45) is 0.114. The first-order valence-electron chi connectivity index (χ1n) is 7.73. The zero-order valence-corrected chi connectivity index (χ0v) is 14.5. The van der Waals surface area contributed by atoms with Gasteiger partial charge in [-0.2, -0.15) is 0 Å². The first-order chi connectivity index (χ1) is 9.99. The van der Waals surface area contributed by atoms with Gasteiger partial charge in [-0.25, -0.2) is 9.59 Å². The van der Waals surface area contributed by atoms with Gasteiger partial charge in [0.05, 0.1) is 7.11 Å². The van der Waals surface area contributed by atoms with Crippen LogP contribution in [0, 0.1) is 11.3 Å². The van der Waals surface area contributed by atoms with E-state index in [2.05, 4.69) is 4.74 Å². The minimum Gasteiger partial charge on any atom is -0.467 e. The number of methoxy groups -OCH3 is 1. The minimum absolute atomic E-state index is 0.00266. The first-order valence-corrected chi connectivity index (χ1v) is 7.73. The predicted octanol–water partition coefficient (Wildman–Crippen LogP) is 2.19. The lowest BCUT2D eigenvalue weighted by Gasteiger charge is -2.43. The summed E-state index contributed by atoms with van der Waals surface area (Å²) in [5, 5.41) is 10.2. The van der Waals surface area contributed by atoms with Crippen molar-refractivity contribution in [1.82, 2.24) is 4.90 Å². The zero-order valence-electron chi connectivity index (χ0n) is 14.5. The van der Waals surface area contributed by atoms with E-state index in [1.54, 1.807) is 4.90 Å². The molecule has 0 aliphatic carbocycles. The first kappa shape index (κ1) is 18.7. The standard InChI is InChI=1S/C16H29NO5/c1-15(2,3)22-14(20)17-9-7-8-11(10-17)16(4,5)12(18)13(19)21-6/h11-12,18H,7-10H2,1-6H3. The average molecular weight is 315 g/mol. The van der Waals surface area contributed by atoms with Crippen LogP contribution >= 0.6 is 0 Å². The van der Waals surface area contributed by atoms with Crippen LogP contribution < -0.4 is 0 Å². The Kier molecular flexibility index (Phi) is 5.84. The summed E-state index contributed by atoms with van der Waals surface area (Å²) >= 11 is 0. The molecule has 128 valence electrons. The molecule has 1 aliphatic rings. The van der Waals surface area contributed by atoms with Crippen LogP contribution in [0.2, 0.25) is 0 Å². The third-order valence-corrected chi connectivity index (χ3v) is 4.25. The van der Waals surface area contributed by atoms with Crippen LogP contribution in [0.5, 0.6) is 0 Å². The second kappa shape index (κ2) is 6.86. The number of aliphatic hydroxyl groups is 1. The van der Waals surface area contributed by atoms with Crippen molar-refractivity contribution in [3.63, 3.8) is 0 Å². The summed E-state index contributed by atoms with van der Waals surface area (Å²) in [6, 6.07) is 0. The second-order valence-corrected chi connectivity index (χ2v) is 7.51. The molecule has 0 aromatic heterocycles. The quantitative estimate of drug-likeness (QED) is 0.808. The fourth-order valence-corrected chi connectivity index (χ4v) is 2.72.